The Hall–Kier alpha value is -2.61. The lowest BCUT2D eigenvalue weighted by molar-refractivity contribution is -0.384. The summed E-state index contributed by atoms with van der Waals surface area (Å²) in [5, 5.41) is 12.9. The summed E-state index contributed by atoms with van der Waals surface area (Å²) in [5.74, 6) is -1.31. The van der Waals surface area contributed by atoms with Crippen molar-refractivity contribution in [2.45, 2.75) is 13.0 Å². The molecule has 110 valence electrons. The van der Waals surface area contributed by atoms with Crippen molar-refractivity contribution < 1.29 is 19.3 Å². The van der Waals surface area contributed by atoms with Gasteiger partial charge in [-0.1, -0.05) is 12.1 Å². The Morgan fingerprint density at radius 2 is 2.19 bits per heavy atom. The number of nitrogens with zero attached hydrogens (tertiary/aromatic N) is 2. The second kappa shape index (κ2) is 5.80. The van der Waals surface area contributed by atoms with E-state index in [0.717, 1.165) is 0 Å². The highest BCUT2D eigenvalue weighted by Gasteiger charge is 2.31. The standard InChI is InChI=1S/C13H13N3O5/c1-8-13(19)14-12(18)7-15(8)6-11(17)9-3-2-4-10(5-9)16(20)21/h2-5,8H,6-7H2,1H3,(H,14,18,19). The minimum absolute atomic E-state index is 0.0619. The lowest BCUT2D eigenvalue weighted by Crippen LogP contribution is -2.57. The van der Waals surface area contributed by atoms with Crippen molar-refractivity contribution in [1.82, 2.24) is 10.2 Å². The molecule has 0 spiro atoms. The third-order valence-corrected chi connectivity index (χ3v) is 3.26. The maximum atomic E-state index is 12.1. The van der Waals surface area contributed by atoms with E-state index in [1.807, 2.05) is 0 Å². The van der Waals surface area contributed by atoms with Gasteiger partial charge in [-0.05, 0) is 6.92 Å². The van der Waals surface area contributed by atoms with Crippen LogP contribution in [0.1, 0.15) is 17.3 Å². The average Bonchev–Trinajstić information content (AvgIpc) is 2.44. The molecule has 0 saturated carbocycles. The number of carbonyl (C=O) groups excluding carboxylic acids is 3. The molecule has 0 aliphatic carbocycles. The number of rotatable bonds is 4. The van der Waals surface area contributed by atoms with Gasteiger partial charge in [-0.3, -0.25) is 34.7 Å². The van der Waals surface area contributed by atoms with E-state index in [1.165, 1.54) is 29.2 Å². The number of piperazine rings is 1. The molecule has 1 heterocycles. The summed E-state index contributed by atoms with van der Waals surface area (Å²) in [6, 6.07) is 4.75. The van der Waals surface area contributed by atoms with Crippen LogP contribution in [0.5, 0.6) is 0 Å². The number of nitrogens with one attached hydrogen (secondary N) is 1. The number of hydrogen-bond donors (Lipinski definition) is 1. The molecule has 1 aromatic carbocycles. The molecule has 8 nitrogen and oxygen atoms in total. The fourth-order valence-corrected chi connectivity index (χ4v) is 2.03. The van der Waals surface area contributed by atoms with E-state index in [0.29, 0.717) is 0 Å². The van der Waals surface area contributed by atoms with E-state index in [2.05, 4.69) is 5.32 Å². The first-order valence-corrected chi connectivity index (χ1v) is 6.24. The molecule has 1 aliphatic rings. The van der Waals surface area contributed by atoms with Crippen LogP contribution in [-0.2, 0) is 9.59 Å². The van der Waals surface area contributed by atoms with Gasteiger partial charge >= 0.3 is 0 Å². The molecule has 1 unspecified atom stereocenters. The third-order valence-electron chi connectivity index (χ3n) is 3.26. The van der Waals surface area contributed by atoms with Crippen molar-refractivity contribution in [3.8, 4) is 0 Å². The van der Waals surface area contributed by atoms with Gasteiger partial charge in [-0.2, -0.15) is 0 Å². The lowest BCUT2D eigenvalue weighted by Gasteiger charge is -2.30. The summed E-state index contributed by atoms with van der Waals surface area (Å²) in [5.41, 5.74) is -0.00353. The summed E-state index contributed by atoms with van der Waals surface area (Å²) in [6.45, 7) is 1.37. The maximum Gasteiger partial charge on any atom is 0.270 e. The number of nitro groups is 1. The predicted octanol–water partition coefficient (Wildman–Crippen LogP) is 0.124. The molecule has 0 bridgehead atoms. The van der Waals surface area contributed by atoms with Crippen molar-refractivity contribution in [3.05, 3.63) is 39.9 Å². The monoisotopic (exact) mass is 291 g/mol. The molecule has 21 heavy (non-hydrogen) atoms. The van der Waals surface area contributed by atoms with E-state index in [9.17, 15) is 24.5 Å². The Kier molecular flexibility index (Phi) is 4.08. The van der Waals surface area contributed by atoms with Gasteiger partial charge < -0.3 is 0 Å². The highest BCUT2D eigenvalue weighted by Crippen LogP contribution is 2.15. The number of benzene rings is 1. The molecule has 0 radical (unpaired) electrons. The first-order valence-electron chi connectivity index (χ1n) is 6.24. The highest BCUT2D eigenvalue weighted by atomic mass is 16.6. The van der Waals surface area contributed by atoms with Gasteiger partial charge in [0.2, 0.25) is 11.8 Å². The van der Waals surface area contributed by atoms with Gasteiger partial charge in [-0.15, -0.1) is 0 Å². The SMILES string of the molecule is CC1C(=O)NC(=O)CN1CC(=O)c1cccc([N+](=O)[O-])c1. The van der Waals surface area contributed by atoms with Crippen LogP contribution in [0.15, 0.2) is 24.3 Å². The van der Waals surface area contributed by atoms with Crippen LogP contribution in [0.3, 0.4) is 0 Å². The van der Waals surface area contributed by atoms with Crippen LogP contribution in [0.4, 0.5) is 5.69 Å². The first kappa shape index (κ1) is 14.8. The predicted molar refractivity (Wildman–Crippen MR) is 71.6 cm³/mol. The van der Waals surface area contributed by atoms with Crippen molar-refractivity contribution >= 4 is 23.3 Å². The van der Waals surface area contributed by atoms with Gasteiger partial charge in [0.1, 0.15) is 0 Å². The zero-order chi connectivity index (χ0) is 15.6. The number of nitro benzene ring substituents is 1. The molecule has 0 aromatic heterocycles. The van der Waals surface area contributed by atoms with E-state index >= 15 is 0 Å². The Balaban J connectivity index is 2.14. The van der Waals surface area contributed by atoms with Crippen molar-refractivity contribution in [2.75, 3.05) is 13.1 Å². The second-order valence-electron chi connectivity index (χ2n) is 4.72. The van der Waals surface area contributed by atoms with Crippen LogP contribution in [0.25, 0.3) is 0 Å². The molecule has 1 aliphatic heterocycles. The second-order valence-corrected chi connectivity index (χ2v) is 4.72. The van der Waals surface area contributed by atoms with Gasteiger partial charge in [-0.25, -0.2) is 0 Å². The van der Waals surface area contributed by atoms with Crippen LogP contribution in [0, 0.1) is 10.1 Å². The Bertz CT molecular complexity index is 628. The van der Waals surface area contributed by atoms with Crippen LogP contribution >= 0.6 is 0 Å². The number of ketones is 1. The summed E-state index contributed by atoms with van der Waals surface area (Å²) in [6.07, 6.45) is 0. The quantitative estimate of drug-likeness (QED) is 0.365. The molecule has 1 atom stereocenters. The molecular weight excluding hydrogens is 278 g/mol. The summed E-state index contributed by atoms with van der Waals surface area (Å²) in [7, 11) is 0. The smallest absolute Gasteiger partial charge is 0.270 e. The van der Waals surface area contributed by atoms with Gasteiger partial charge in [0.15, 0.2) is 5.78 Å². The number of Topliss-reactive ketones (excluding diaryl/α,β-unsaturated/α-hetero) is 1. The molecular formula is C13H13N3O5. The number of amides is 2. The zero-order valence-electron chi connectivity index (χ0n) is 11.2. The van der Waals surface area contributed by atoms with E-state index < -0.39 is 22.8 Å². The van der Waals surface area contributed by atoms with Crippen LogP contribution in [0.2, 0.25) is 0 Å². The maximum absolute atomic E-state index is 12.1. The zero-order valence-corrected chi connectivity index (χ0v) is 11.2. The fraction of sp³-hybridized carbons (Fsp3) is 0.308. The van der Waals surface area contributed by atoms with Gasteiger partial charge in [0, 0.05) is 17.7 Å². The largest absolute Gasteiger partial charge is 0.294 e. The third kappa shape index (κ3) is 3.29. The Morgan fingerprint density at radius 1 is 1.48 bits per heavy atom. The molecule has 2 amide bonds. The lowest BCUT2D eigenvalue weighted by atomic mass is 10.1. The van der Waals surface area contributed by atoms with Crippen LogP contribution < -0.4 is 5.32 Å². The number of hydrogen-bond acceptors (Lipinski definition) is 6. The van der Waals surface area contributed by atoms with Crippen molar-refractivity contribution in [1.29, 1.82) is 0 Å². The Labute approximate surface area is 119 Å². The van der Waals surface area contributed by atoms with Crippen molar-refractivity contribution in [3.63, 3.8) is 0 Å². The number of carbonyl (C=O) groups is 3. The molecule has 1 aromatic rings. The minimum Gasteiger partial charge on any atom is -0.294 e. The fourth-order valence-electron chi connectivity index (χ4n) is 2.03. The number of non-ortho nitro benzene ring substituents is 1. The van der Waals surface area contributed by atoms with E-state index in [1.54, 1.807) is 6.92 Å². The molecule has 1 fully saturated rings. The summed E-state index contributed by atoms with van der Waals surface area (Å²) >= 11 is 0. The van der Waals surface area contributed by atoms with Gasteiger partial charge in [0.25, 0.3) is 5.69 Å². The highest BCUT2D eigenvalue weighted by molar-refractivity contribution is 6.03. The molecule has 1 N–H and O–H groups in total. The Morgan fingerprint density at radius 3 is 2.86 bits per heavy atom. The summed E-state index contributed by atoms with van der Waals surface area (Å²) < 4.78 is 0. The first-order chi connectivity index (χ1) is 9.88. The average molecular weight is 291 g/mol. The van der Waals surface area contributed by atoms with Crippen LogP contribution in [-0.4, -0.2) is 46.6 Å². The minimum atomic E-state index is -0.606. The van der Waals surface area contributed by atoms with E-state index in [-0.39, 0.29) is 30.1 Å². The number of imide groups is 1. The molecule has 1 saturated heterocycles. The normalized spacial score (nSPS) is 19.2. The topological polar surface area (TPSA) is 110 Å². The molecule has 2 rings (SSSR count). The van der Waals surface area contributed by atoms with Crippen molar-refractivity contribution in [2.24, 2.45) is 0 Å². The summed E-state index contributed by atoms with van der Waals surface area (Å²) in [4.78, 5) is 46.5. The van der Waals surface area contributed by atoms with Gasteiger partial charge in [0.05, 0.1) is 24.1 Å². The molecule has 8 heteroatoms. The van der Waals surface area contributed by atoms with E-state index in [4.69, 9.17) is 0 Å².